The number of methoxy groups -OCH3 is 2. The van der Waals surface area contributed by atoms with Gasteiger partial charge in [-0.15, -0.1) is 0 Å². The third-order valence-electron chi connectivity index (χ3n) is 5.53. The molecular formula is C21H34N4O2. The minimum absolute atomic E-state index is 0.875. The van der Waals surface area contributed by atoms with Gasteiger partial charge < -0.3 is 19.7 Å². The molecule has 1 saturated carbocycles. The second-order valence-electron chi connectivity index (χ2n) is 7.50. The van der Waals surface area contributed by atoms with Crippen molar-refractivity contribution in [2.75, 3.05) is 54.0 Å². The lowest BCUT2D eigenvalue weighted by atomic mass is 10.1. The van der Waals surface area contributed by atoms with Crippen molar-refractivity contribution in [2.45, 2.75) is 32.2 Å². The molecule has 0 aromatic heterocycles. The zero-order chi connectivity index (χ0) is 19.1. The molecule has 1 N–H and O–H groups in total. The van der Waals surface area contributed by atoms with Crippen LogP contribution < -0.4 is 14.8 Å². The summed E-state index contributed by atoms with van der Waals surface area (Å²) in [6, 6.07) is 6.00. The Morgan fingerprint density at radius 2 is 1.93 bits per heavy atom. The highest BCUT2D eigenvalue weighted by molar-refractivity contribution is 5.79. The molecule has 1 aliphatic carbocycles. The first kappa shape index (κ1) is 19.8. The predicted molar refractivity (Wildman–Crippen MR) is 110 cm³/mol. The highest BCUT2D eigenvalue weighted by Crippen LogP contribution is 2.33. The van der Waals surface area contributed by atoms with Crippen LogP contribution in [0.25, 0.3) is 0 Å². The van der Waals surface area contributed by atoms with E-state index in [-0.39, 0.29) is 0 Å². The Balaban J connectivity index is 1.46. The first-order valence-corrected chi connectivity index (χ1v) is 10.1. The number of nitrogens with zero attached hydrogens (tertiary/aromatic N) is 3. The van der Waals surface area contributed by atoms with Crippen LogP contribution in [0, 0.1) is 5.92 Å². The maximum absolute atomic E-state index is 5.52. The molecule has 0 unspecified atom stereocenters. The summed E-state index contributed by atoms with van der Waals surface area (Å²) in [7, 11) is 5.31. The maximum Gasteiger partial charge on any atom is 0.193 e. The van der Waals surface area contributed by atoms with E-state index in [4.69, 9.17) is 9.47 Å². The van der Waals surface area contributed by atoms with E-state index in [2.05, 4.69) is 26.2 Å². The van der Waals surface area contributed by atoms with Crippen molar-refractivity contribution in [2.24, 2.45) is 10.9 Å². The van der Waals surface area contributed by atoms with Crippen molar-refractivity contribution in [1.82, 2.24) is 15.1 Å². The van der Waals surface area contributed by atoms with Gasteiger partial charge in [0.05, 0.1) is 14.2 Å². The average Bonchev–Trinajstić information content (AvgIpc) is 3.53. The van der Waals surface area contributed by atoms with Gasteiger partial charge in [0.1, 0.15) is 11.5 Å². The molecule has 6 heteroatoms. The zero-order valence-electron chi connectivity index (χ0n) is 17.0. The summed E-state index contributed by atoms with van der Waals surface area (Å²) in [4.78, 5) is 9.32. The number of nitrogens with one attached hydrogen (secondary N) is 1. The Morgan fingerprint density at radius 1 is 1.15 bits per heavy atom. The zero-order valence-corrected chi connectivity index (χ0v) is 17.0. The fraction of sp³-hybridized carbons (Fsp3) is 0.667. The number of hydrogen-bond donors (Lipinski definition) is 1. The normalized spacial score (nSPS) is 18.5. The molecule has 0 amide bonds. The van der Waals surface area contributed by atoms with Crippen molar-refractivity contribution >= 4 is 5.96 Å². The van der Waals surface area contributed by atoms with E-state index in [0.717, 1.165) is 62.6 Å². The van der Waals surface area contributed by atoms with Crippen LogP contribution in [-0.4, -0.2) is 69.8 Å². The van der Waals surface area contributed by atoms with E-state index in [1.807, 2.05) is 19.2 Å². The Hall–Kier alpha value is -1.95. The number of benzene rings is 1. The highest BCUT2D eigenvalue weighted by atomic mass is 16.5. The van der Waals surface area contributed by atoms with E-state index in [9.17, 15) is 0 Å². The van der Waals surface area contributed by atoms with Gasteiger partial charge in [0.25, 0.3) is 0 Å². The molecule has 0 radical (unpaired) electrons. The summed E-state index contributed by atoms with van der Waals surface area (Å²) in [5.74, 6) is 3.85. The Labute approximate surface area is 163 Å². The summed E-state index contributed by atoms with van der Waals surface area (Å²) in [6.45, 7) is 5.93. The topological polar surface area (TPSA) is 49.3 Å². The molecule has 1 aliphatic heterocycles. The number of ether oxygens (including phenoxy) is 2. The molecule has 0 bridgehead atoms. The van der Waals surface area contributed by atoms with Crippen LogP contribution in [0.15, 0.2) is 23.2 Å². The Morgan fingerprint density at radius 3 is 2.56 bits per heavy atom. The largest absolute Gasteiger partial charge is 0.497 e. The summed E-state index contributed by atoms with van der Waals surface area (Å²) in [5.41, 5.74) is 1.17. The maximum atomic E-state index is 5.52. The van der Waals surface area contributed by atoms with Crippen LogP contribution in [0.3, 0.4) is 0 Å². The molecule has 0 spiro atoms. The molecule has 1 saturated heterocycles. The molecule has 150 valence electrons. The van der Waals surface area contributed by atoms with Gasteiger partial charge in [0.15, 0.2) is 5.96 Å². The molecular weight excluding hydrogens is 340 g/mol. The lowest BCUT2D eigenvalue weighted by Gasteiger charge is -2.36. The smallest absolute Gasteiger partial charge is 0.193 e. The Kier molecular flexibility index (Phi) is 7.21. The lowest BCUT2D eigenvalue weighted by molar-refractivity contribution is 0.171. The number of guanidine groups is 1. The summed E-state index contributed by atoms with van der Waals surface area (Å²) in [6.07, 6.45) is 5.49. The van der Waals surface area contributed by atoms with E-state index >= 15 is 0 Å². The second-order valence-corrected chi connectivity index (χ2v) is 7.50. The molecule has 27 heavy (non-hydrogen) atoms. The number of piperazine rings is 1. The van der Waals surface area contributed by atoms with Gasteiger partial charge in [0.2, 0.25) is 0 Å². The Bertz CT molecular complexity index is 623. The van der Waals surface area contributed by atoms with Crippen LogP contribution in [0.1, 0.15) is 31.2 Å². The van der Waals surface area contributed by atoms with Crippen molar-refractivity contribution in [3.05, 3.63) is 23.8 Å². The summed E-state index contributed by atoms with van der Waals surface area (Å²) in [5, 5.41) is 3.54. The second kappa shape index (κ2) is 9.83. The molecule has 0 atom stereocenters. The first-order valence-electron chi connectivity index (χ1n) is 10.1. The molecule has 1 heterocycles. The molecule has 3 rings (SSSR count). The fourth-order valence-corrected chi connectivity index (χ4v) is 3.69. The van der Waals surface area contributed by atoms with E-state index < -0.39 is 0 Å². The molecule has 6 nitrogen and oxygen atoms in total. The molecule has 1 aromatic rings. The van der Waals surface area contributed by atoms with Crippen molar-refractivity contribution in [3.8, 4) is 11.5 Å². The standard InChI is InChI=1S/C21H34N4O2/c1-22-21(23-10-4-5-17-6-7-17)25-13-11-24(12-14-25)16-18-15-19(26-2)8-9-20(18)27-3/h8-9,15,17H,4-7,10-14,16H2,1-3H3,(H,22,23). The van der Waals surface area contributed by atoms with Crippen LogP contribution in [0.2, 0.25) is 0 Å². The molecule has 1 aromatic carbocycles. The quantitative estimate of drug-likeness (QED) is 0.431. The number of hydrogen-bond acceptors (Lipinski definition) is 4. The SMILES string of the molecule is CN=C(NCCCC1CC1)N1CCN(Cc2cc(OC)ccc2OC)CC1. The van der Waals surface area contributed by atoms with Gasteiger partial charge in [-0.25, -0.2) is 0 Å². The molecule has 2 aliphatic rings. The van der Waals surface area contributed by atoms with Crippen molar-refractivity contribution in [3.63, 3.8) is 0 Å². The number of aliphatic imine (C=N–C) groups is 1. The van der Waals surface area contributed by atoms with Crippen LogP contribution in [-0.2, 0) is 6.54 Å². The van der Waals surface area contributed by atoms with Gasteiger partial charge in [0, 0.05) is 51.9 Å². The van der Waals surface area contributed by atoms with Crippen LogP contribution >= 0.6 is 0 Å². The highest BCUT2D eigenvalue weighted by Gasteiger charge is 2.22. The van der Waals surface area contributed by atoms with E-state index in [1.54, 1.807) is 14.2 Å². The molecule has 2 fully saturated rings. The van der Waals surface area contributed by atoms with Crippen molar-refractivity contribution < 1.29 is 9.47 Å². The lowest BCUT2D eigenvalue weighted by Crippen LogP contribution is -2.52. The van der Waals surface area contributed by atoms with Gasteiger partial charge in [-0.05, 0) is 37.0 Å². The van der Waals surface area contributed by atoms with Crippen LogP contribution in [0.5, 0.6) is 11.5 Å². The van der Waals surface area contributed by atoms with E-state index in [0.29, 0.717) is 0 Å². The number of rotatable bonds is 8. The summed E-state index contributed by atoms with van der Waals surface area (Å²) < 4.78 is 10.9. The monoisotopic (exact) mass is 374 g/mol. The van der Waals surface area contributed by atoms with Crippen LogP contribution in [0.4, 0.5) is 0 Å². The van der Waals surface area contributed by atoms with Gasteiger partial charge >= 0.3 is 0 Å². The average molecular weight is 375 g/mol. The fourth-order valence-electron chi connectivity index (χ4n) is 3.69. The van der Waals surface area contributed by atoms with E-state index in [1.165, 1.54) is 31.2 Å². The van der Waals surface area contributed by atoms with Crippen molar-refractivity contribution in [1.29, 1.82) is 0 Å². The first-order chi connectivity index (χ1) is 13.2. The van der Waals surface area contributed by atoms with Gasteiger partial charge in [-0.3, -0.25) is 9.89 Å². The predicted octanol–water partition coefficient (Wildman–Crippen LogP) is 2.59. The third kappa shape index (κ3) is 5.76. The van der Waals surface area contributed by atoms with Gasteiger partial charge in [-0.2, -0.15) is 0 Å². The van der Waals surface area contributed by atoms with Gasteiger partial charge in [-0.1, -0.05) is 12.8 Å². The third-order valence-corrected chi connectivity index (χ3v) is 5.53. The summed E-state index contributed by atoms with van der Waals surface area (Å²) >= 11 is 0. The minimum atomic E-state index is 0.875. The minimum Gasteiger partial charge on any atom is -0.497 e.